The summed E-state index contributed by atoms with van der Waals surface area (Å²) in [6, 6.07) is 7.08. The van der Waals surface area contributed by atoms with Crippen molar-refractivity contribution in [3.8, 4) is 0 Å². The average molecular weight is 402 g/mol. The molecule has 0 spiro atoms. The highest BCUT2D eigenvalue weighted by molar-refractivity contribution is 5.89. The van der Waals surface area contributed by atoms with E-state index in [0.29, 0.717) is 12.2 Å². The van der Waals surface area contributed by atoms with Gasteiger partial charge in [0.2, 0.25) is 5.91 Å². The van der Waals surface area contributed by atoms with Crippen LogP contribution in [0.25, 0.3) is 0 Å². The fraction of sp³-hybridized carbons (Fsp3) is 0.500. The first-order chi connectivity index (χ1) is 13.8. The van der Waals surface area contributed by atoms with E-state index in [9.17, 15) is 14.4 Å². The lowest BCUT2D eigenvalue weighted by molar-refractivity contribution is -0.134. The van der Waals surface area contributed by atoms with Crippen LogP contribution in [0.2, 0.25) is 0 Å². The number of benzene rings is 1. The molecule has 1 aliphatic heterocycles. The van der Waals surface area contributed by atoms with Crippen molar-refractivity contribution in [3.63, 3.8) is 0 Å². The number of carbonyl (C=O) groups is 3. The van der Waals surface area contributed by atoms with Crippen molar-refractivity contribution in [2.75, 3.05) is 26.2 Å². The normalized spacial score (nSPS) is 17.1. The van der Waals surface area contributed by atoms with Crippen LogP contribution < -0.4 is 0 Å². The highest BCUT2D eigenvalue weighted by Gasteiger charge is 2.19. The minimum Gasteiger partial charge on any atom is -0.478 e. The lowest BCUT2D eigenvalue weighted by Gasteiger charge is -2.34. The van der Waals surface area contributed by atoms with Crippen LogP contribution >= 0.6 is 0 Å². The van der Waals surface area contributed by atoms with E-state index in [4.69, 9.17) is 10.2 Å². The number of nitrogens with zero attached hydrogens (tertiary/aromatic N) is 2. The molecule has 0 radical (unpaired) electrons. The Kier molecular flexibility index (Phi) is 8.86. The number of carboxylic acid groups (broad SMARTS) is 2. The van der Waals surface area contributed by atoms with Gasteiger partial charge in [0.15, 0.2) is 0 Å². The van der Waals surface area contributed by atoms with Crippen molar-refractivity contribution in [2.45, 2.75) is 45.6 Å². The number of fused-ring (bicyclic) bond motifs is 1. The third kappa shape index (κ3) is 8.07. The van der Waals surface area contributed by atoms with Crippen molar-refractivity contribution < 1.29 is 24.6 Å². The van der Waals surface area contributed by atoms with Gasteiger partial charge in [0, 0.05) is 51.8 Å². The number of aliphatic carboxylic acids is 2. The highest BCUT2D eigenvalue weighted by Crippen LogP contribution is 2.22. The Balaban J connectivity index is 0.000000321. The summed E-state index contributed by atoms with van der Waals surface area (Å²) in [5.74, 6) is -2.31. The second-order valence-corrected chi connectivity index (χ2v) is 7.46. The summed E-state index contributed by atoms with van der Waals surface area (Å²) in [7, 11) is 0. The van der Waals surface area contributed by atoms with Gasteiger partial charge < -0.3 is 15.1 Å². The van der Waals surface area contributed by atoms with E-state index >= 15 is 0 Å². The largest absolute Gasteiger partial charge is 0.478 e. The zero-order valence-corrected chi connectivity index (χ0v) is 17.0. The van der Waals surface area contributed by atoms with Crippen LogP contribution in [0.5, 0.6) is 0 Å². The van der Waals surface area contributed by atoms with Crippen LogP contribution in [0.4, 0.5) is 0 Å². The number of aryl methyl sites for hydroxylation is 2. The van der Waals surface area contributed by atoms with Crippen LogP contribution in [-0.2, 0) is 33.8 Å². The summed E-state index contributed by atoms with van der Waals surface area (Å²) in [5.41, 5.74) is 4.58. The molecular weight excluding hydrogens is 372 g/mol. The molecule has 0 atom stereocenters. The summed E-state index contributed by atoms with van der Waals surface area (Å²) in [6.45, 7) is 6.44. The van der Waals surface area contributed by atoms with E-state index in [1.54, 1.807) is 18.1 Å². The van der Waals surface area contributed by atoms with Crippen molar-refractivity contribution >= 4 is 17.8 Å². The quantitative estimate of drug-likeness (QED) is 0.593. The molecule has 0 aromatic heterocycles. The summed E-state index contributed by atoms with van der Waals surface area (Å²) in [4.78, 5) is 34.9. The van der Waals surface area contributed by atoms with E-state index in [0.717, 1.165) is 32.7 Å². The molecule has 1 amide bonds. The maximum absolute atomic E-state index is 11.4. The minimum absolute atomic E-state index is 0.208. The number of hydrogen-bond donors (Lipinski definition) is 2. The first kappa shape index (κ1) is 22.6. The van der Waals surface area contributed by atoms with E-state index in [-0.39, 0.29) is 5.91 Å². The molecule has 1 fully saturated rings. The Morgan fingerprint density at radius 2 is 1.48 bits per heavy atom. The predicted molar refractivity (Wildman–Crippen MR) is 110 cm³/mol. The van der Waals surface area contributed by atoms with Gasteiger partial charge in [-0.15, -0.1) is 0 Å². The van der Waals surface area contributed by atoms with Crippen LogP contribution in [-0.4, -0.2) is 64.0 Å². The van der Waals surface area contributed by atoms with Gasteiger partial charge in [0.25, 0.3) is 0 Å². The van der Waals surface area contributed by atoms with Gasteiger partial charge >= 0.3 is 11.9 Å². The van der Waals surface area contributed by atoms with E-state index < -0.39 is 11.9 Å². The Morgan fingerprint density at radius 1 is 0.897 bits per heavy atom. The molecular formula is C22H30N2O5. The standard InChI is InChI=1S/C18H26N2O.C4H4O4/c1-15(21)20-11-9-19(10-12-20)14-16-7-8-17-5-3-2-4-6-18(17)13-16;5-3(6)1-2-4(7)8/h7-8,13H,2-6,9-12,14H2,1H3;1-2H,(H,5,6)(H,7,8)/b;2-1+. The molecule has 7 nitrogen and oxygen atoms in total. The summed E-state index contributed by atoms with van der Waals surface area (Å²) in [5, 5.41) is 15.6. The molecule has 158 valence electrons. The summed E-state index contributed by atoms with van der Waals surface area (Å²) < 4.78 is 0. The van der Waals surface area contributed by atoms with Gasteiger partial charge in [0.1, 0.15) is 0 Å². The van der Waals surface area contributed by atoms with Gasteiger partial charge in [-0.25, -0.2) is 9.59 Å². The molecule has 7 heteroatoms. The predicted octanol–water partition coefficient (Wildman–Crippen LogP) is 2.33. The molecule has 1 heterocycles. The number of carbonyl (C=O) groups excluding carboxylic acids is 1. The lowest BCUT2D eigenvalue weighted by Crippen LogP contribution is -2.47. The minimum atomic E-state index is -1.26. The fourth-order valence-electron chi connectivity index (χ4n) is 3.68. The second-order valence-electron chi connectivity index (χ2n) is 7.46. The lowest BCUT2D eigenvalue weighted by atomic mass is 10.00. The Hall–Kier alpha value is -2.67. The fourth-order valence-corrected chi connectivity index (χ4v) is 3.68. The third-order valence-corrected chi connectivity index (χ3v) is 5.26. The first-order valence-electron chi connectivity index (χ1n) is 10.1. The SMILES string of the molecule is CC(=O)N1CCN(Cc2ccc3c(c2)CCCCC3)CC1.O=C(O)/C=C/C(=O)O. The number of carboxylic acids is 2. The Labute approximate surface area is 171 Å². The number of rotatable bonds is 4. The molecule has 1 aromatic carbocycles. The molecule has 2 aliphatic rings. The summed E-state index contributed by atoms with van der Waals surface area (Å²) in [6.07, 6.45) is 7.68. The third-order valence-electron chi connectivity index (χ3n) is 5.26. The Bertz CT molecular complexity index is 736. The van der Waals surface area contributed by atoms with Gasteiger partial charge in [-0.05, 0) is 42.4 Å². The smallest absolute Gasteiger partial charge is 0.328 e. The molecule has 1 aromatic rings. The van der Waals surface area contributed by atoms with Gasteiger partial charge in [-0.2, -0.15) is 0 Å². The molecule has 3 rings (SSSR count). The molecule has 2 N–H and O–H groups in total. The van der Waals surface area contributed by atoms with Crippen molar-refractivity contribution in [2.24, 2.45) is 0 Å². The van der Waals surface area contributed by atoms with Gasteiger partial charge in [0.05, 0.1) is 0 Å². The molecule has 1 aliphatic carbocycles. The number of piperazine rings is 1. The second kappa shape index (κ2) is 11.4. The van der Waals surface area contributed by atoms with E-state index in [1.165, 1.54) is 37.7 Å². The van der Waals surface area contributed by atoms with Crippen molar-refractivity contribution in [1.29, 1.82) is 0 Å². The Morgan fingerprint density at radius 3 is 2.03 bits per heavy atom. The highest BCUT2D eigenvalue weighted by atomic mass is 16.4. The molecule has 1 saturated heterocycles. The van der Waals surface area contributed by atoms with E-state index in [2.05, 4.69) is 23.1 Å². The monoisotopic (exact) mass is 402 g/mol. The topological polar surface area (TPSA) is 98.2 Å². The van der Waals surface area contributed by atoms with Crippen LogP contribution in [0.3, 0.4) is 0 Å². The van der Waals surface area contributed by atoms with Crippen molar-refractivity contribution in [1.82, 2.24) is 9.80 Å². The zero-order chi connectivity index (χ0) is 21.2. The zero-order valence-electron chi connectivity index (χ0n) is 17.0. The van der Waals surface area contributed by atoms with Crippen LogP contribution in [0.15, 0.2) is 30.4 Å². The first-order valence-corrected chi connectivity index (χ1v) is 10.1. The van der Waals surface area contributed by atoms with Crippen LogP contribution in [0.1, 0.15) is 42.9 Å². The number of hydrogen-bond acceptors (Lipinski definition) is 4. The molecule has 0 saturated carbocycles. The molecule has 29 heavy (non-hydrogen) atoms. The summed E-state index contributed by atoms with van der Waals surface area (Å²) >= 11 is 0. The van der Waals surface area contributed by atoms with Gasteiger partial charge in [-0.3, -0.25) is 9.69 Å². The van der Waals surface area contributed by atoms with E-state index in [1.807, 2.05) is 4.90 Å². The molecule has 0 bridgehead atoms. The maximum Gasteiger partial charge on any atom is 0.328 e. The molecule has 0 unspecified atom stereocenters. The van der Waals surface area contributed by atoms with Crippen molar-refractivity contribution in [3.05, 3.63) is 47.0 Å². The maximum atomic E-state index is 11.4. The number of amides is 1. The average Bonchev–Trinajstić information content (AvgIpc) is 2.92. The van der Waals surface area contributed by atoms with Crippen LogP contribution in [0, 0.1) is 0 Å². The van der Waals surface area contributed by atoms with Gasteiger partial charge in [-0.1, -0.05) is 24.6 Å².